The van der Waals surface area contributed by atoms with Crippen molar-refractivity contribution in [2.24, 2.45) is 0 Å². The molecule has 0 aliphatic heterocycles. The molecule has 0 aromatic heterocycles. The Morgan fingerprint density at radius 2 is 0.553 bits per heavy atom. The van der Waals surface area contributed by atoms with Gasteiger partial charge in [0.25, 0.3) is 0 Å². The van der Waals surface area contributed by atoms with E-state index >= 15 is 0 Å². The molecule has 4 nitrogen and oxygen atoms in total. The maximum Gasteiger partial charge on any atom is 0.234 e. The van der Waals surface area contributed by atoms with E-state index in [-0.39, 0.29) is 0 Å². The Kier molecular flexibility index (Phi) is 4.72. The van der Waals surface area contributed by atoms with Crippen LogP contribution in [0, 0.1) is 0 Å². The summed E-state index contributed by atoms with van der Waals surface area (Å²) in [5.41, 5.74) is 8.24. The van der Waals surface area contributed by atoms with Crippen LogP contribution in [0.1, 0.15) is 41.4 Å². The molecular formula is C34H18O4. The average molecular weight is 491 g/mol. The maximum absolute atomic E-state index is 12.8. The monoisotopic (exact) mass is 490 g/mol. The van der Waals surface area contributed by atoms with Crippen molar-refractivity contribution in [3.63, 3.8) is 0 Å². The Morgan fingerprint density at radius 1 is 0.263 bits per heavy atom. The summed E-state index contributed by atoms with van der Waals surface area (Å²) >= 11 is 0. The molecule has 2 aliphatic carbocycles. The lowest BCUT2D eigenvalue weighted by atomic mass is 9.82. The fourth-order valence-electron chi connectivity index (χ4n) is 5.47. The second-order valence-electron chi connectivity index (χ2n) is 9.51. The van der Waals surface area contributed by atoms with Crippen LogP contribution in [0.3, 0.4) is 0 Å². The highest BCUT2D eigenvalue weighted by atomic mass is 16.2. The summed E-state index contributed by atoms with van der Waals surface area (Å²) in [5, 5.41) is 0. The molecular weight excluding hydrogens is 472 g/mol. The Labute approximate surface area is 218 Å². The van der Waals surface area contributed by atoms with Gasteiger partial charge in [-0.05, 0) is 56.6 Å². The highest BCUT2D eigenvalue weighted by molar-refractivity contribution is 6.53. The van der Waals surface area contributed by atoms with Crippen molar-refractivity contribution in [1.82, 2.24) is 0 Å². The molecule has 38 heavy (non-hydrogen) atoms. The van der Waals surface area contributed by atoms with E-state index in [2.05, 4.69) is 0 Å². The van der Waals surface area contributed by atoms with Gasteiger partial charge in [-0.3, -0.25) is 19.2 Å². The Hall–Kier alpha value is -5.22. The second-order valence-corrected chi connectivity index (χ2v) is 9.51. The molecule has 0 bridgehead atoms. The molecule has 5 aromatic rings. The first-order valence-corrected chi connectivity index (χ1v) is 12.3. The third-order valence-corrected chi connectivity index (χ3v) is 7.42. The first-order valence-electron chi connectivity index (χ1n) is 12.3. The molecule has 4 heteroatoms. The minimum atomic E-state index is -0.494. The third-order valence-electron chi connectivity index (χ3n) is 7.42. The van der Waals surface area contributed by atoms with Gasteiger partial charge in [-0.1, -0.05) is 97.1 Å². The molecule has 0 N–H and O–H groups in total. The lowest BCUT2D eigenvalue weighted by Gasteiger charge is -2.19. The number of rotatable bonds is 2. The second kappa shape index (κ2) is 8.15. The summed E-state index contributed by atoms with van der Waals surface area (Å²) in [6.45, 7) is 0. The van der Waals surface area contributed by atoms with Crippen LogP contribution in [-0.2, 0) is 0 Å². The number of hydrogen-bond donors (Lipinski definition) is 0. The summed E-state index contributed by atoms with van der Waals surface area (Å²) < 4.78 is 0. The fourth-order valence-corrected chi connectivity index (χ4v) is 5.47. The normalized spacial score (nSPS) is 13.5. The van der Waals surface area contributed by atoms with Crippen molar-refractivity contribution in [3.05, 3.63) is 131 Å². The van der Waals surface area contributed by atoms with Gasteiger partial charge in [-0.15, -0.1) is 0 Å². The zero-order valence-electron chi connectivity index (χ0n) is 20.0. The van der Waals surface area contributed by atoms with Crippen molar-refractivity contribution in [3.8, 4) is 44.5 Å². The number of Topliss-reactive ketones (excluding diaryl/α,β-unsaturated/α-hetero) is 4. The molecule has 0 atom stereocenters. The van der Waals surface area contributed by atoms with Gasteiger partial charge >= 0.3 is 0 Å². The van der Waals surface area contributed by atoms with Crippen LogP contribution in [0.25, 0.3) is 44.5 Å². The molecule has 0 saturated carbocycles. The quantitative estimate of drug-likeness (QED) is 0.247. The van der Waals surface area contributed by atoms with Crippen molar-refractivity contribution < 1.29 is 19.2 Å². The standard InChI is InChI=1S/C34H18O4/c35-31-27-7-3-1-5-23(27)25-15-13-21(17-29(25)33(31)37)19-9-11-20(12-10-19)22-14-16-26-24-6-2-4-8-28(24)32(36)34(38)30(26)18-22/h1-18H. The Balaban J connectivity index is 1.25. The highest BCUT2D eigenvalue weighted by Gasteiger charge is 2.31. The molecule has 0 unspecified atom stereocenters. The lowest BCUT2D eigenvalue weighted by molar-refractivity contribution is 0.0815. The molecule has 0 spiro atoms. The summed E-state index contributed by atoms with van der Waals surface area (Å²) in [7, 11) is 0. The molecule has 5 aromatic carbocycles. The molecule has 2 aliphatic rings. The maximum atomic E-state index is 12.8. The van der Waals surface area contributed by atoms with E-state index in [0.29, 0.717) is 22.3 Å². The summed E-state index contributed by atoms with van der Waals surface area (Å²) in [4.78, 5) is 51.0. The zero-order valence-corrected chi connectivity index (χ0v) is 20.0. The van der Waals surface area contributed by atoms with Crippen LogP contribution in [0.2, 0.25) is 0 Å². The SMILES string of the molecule is O=C1C(=O)c2cc(-c3ccc(-c4ccc5c(c4)C(=O)C(=O)c4ccccc4-5)cc3)ccc2-c2ccccc21. The van der Waals surface area contributed by atoms with E-state index in [9.17, 15) is 19.2 Å². The van der Waals surface area contributed by atoms with Crippen molar-refractivity contribution in [2.45, 2.75) is 0 Å². The highest BCUT2D eigenvalue weighted by Crippen LogP contribution is 2.38. The van der Waals surface area contributed by atoms with Gasteiger partial charge in [0.2, 0.25) is 23.1 Å². The molecule has 0 amide bonds. The molecule has 0 radical (unpaired) electrons. The van der Waals surface area contributed by atoms with E-state index in [1.807, 2.05) is 72.8 Å². The summed E-state index contributed by atoms with van der Waals surface area (Å²) in [6, 6.07) is 33.4. The van der Waals surface area contributed by atoms with E-state index in [1.165, 1.54) is 0 Å². The Bertz CT molecular complexity index is 1740. The average Bonchev–Trinajstić information content (AvgIpc) is 2.98. The van der Waals surface area contributed by atoms with Crippen LogP contribution in [0.4, 0.5) is 0 Å². The van der Waals surface area contributed by atoms with Gasteiger partial charge in [0.05, 0.1) is 0 Å². The molecule has 7 rings (SSSR count). The van der Waals surface area contributed by atoms with Crippen LogP contribution >= 0.6 is 0 Å². The summed E-state index contributed by atoms with van der Waals surface area (Å²) in [5.74, 6) is -1.95. The predicted octanol–water partition coefficient (Wildman–Crippen LogP) is 7.11. The Morgan fingerprint density at radius 3 is 0.947 bits per heavy atom. The first kappa shape index (κ1) is 22.0. The topological polar surface area (TPSA) is 68.3 Å². The van der Waals surface area contributed by atoms with Gasteiger partial charge in [-0.2, -0.15) is 0 Å². The minimum absolute atomic E-state index is 0.411. The number of ketones is 4. The predicted molar refractivity (Wildman–Crippen MR) is 146 cm³/mol. The smallest absolute Gasteiger partial charge is 0.234 e. The molecule has 0 fully saturated rings. The number of hydrogen-bond acceptors (Lipinski definition) is 4. The summed E-state index contributed by atoms with van der Waals surface area (Å²) in [6.07, 6.45) is 0. The molecule has 178 valence electrons. The van der Waals surface area contributed by atoms with Crippen LogP contribution in [-0.4, -0.2) is 23.1 Å². The van der Waals surface area contributed by atoms with Gasteiger partial charge in [0.1, 0.15) is 0 Å². The van der Waals surface area contributed by atoms with Gasteiger partial charge in [0.15, 0.2) is 0 Å². The van der Waals surface area contributed by atoms with Crippen LogP contribution < -0.4 is 0 Å². The number of benzene rings is 5. The van der Waals surface area contributed by atoms with E-state index in [4.69, 9.17) is 0 Å². The molecule has 0 heterocycles. The van der Waals surface area contributed by atoms with Crippen molar-refractivity contribution in [1.29, 1.82) is 0 Å². The minimum Gasteiger partial charge on any atom is -0.285 e. The van der Waals surface area contributed by atoms with Gasteiger partial charge in [0, 0.05) is 22.3 Å². The van der Waals surface area contributed by atoms with Crippen LogP contribution in [0.15, 0.2) is 109 Å². The van der Waals surface area contributed by atoms with E-state index in [1.54, 1.807) is 36.4 Å². The lowest BCUT2D eigenvalue weighted by Crippen LogP contribution is -2.21. The molecule has 0 saturated heterocycles. The van der Waals surface area contributed by atoms with Crippen LogP contribution in [0.5, 0.6) is 0 Å². The number of carbonyl (C=O) groups is 4. The van der Waals surface area contributed by atoms with E-state index in [0.717, 1.165) is 44.5 Å². The largest absolute Gasteiger partial charge is 0.285 e. The van der Waals surface area contributed by atoms with E-state index < -0.39 is 23.1 Å². The van der Waals surface area contributed by atoms with Crippen molar-refractivity contribution >= 4 is 23.1 Å². The van der Waals surface area contributed by atoms with Gasteiger partial charge in [-0.25, -0.2) is 0 Å². The third kappa shape index (κ3) is 3.17. The van der Waals surface area contributed by atoms with Gasteiger partial charge < -0.3 is 0 Å². The number of fused-ring (bicyclic) bond motifs is 6. The fraction of sp³-hybridized carbons (Fsp3) is 0. The zero-order chi connectivity index (χ0) is 26.0. The first-order chi connectivity index (χ1) is 18.5. The number of carbonyl (C=O) groups excluding carboxylic acids is 4. The van der Waals surface area contributed by atoms with Crippen molar-refractivity contribution in [2.75, 3.05) is 0 Å².